The first-order chi connectivity index (χ1) is 15.3. The number of benzene rings is 2. The van der Waals surface area contributed by atoms with Gasteiger partial charge in [0.1, 0.15) is 0 Å². The highest BCUT2D eigenvalue weighted by Crippen LogP contribution is 2.20. The molecule has 0 N–H and O–H groups in total. The Morgan fingerprint density at radius 1 is 0.452 bits per heavy atom. The molecule has 2 rings (SSSR count). The van der Waals surface area contributed by atoms with E-state index in [1.54, 1.807) is 21.7 Å². The van der Waals surface area contributed by atoms with E-state index in [1.165, 1.54) is 103 Å². The summed E-state index contributed by atoms with van der Waals surface area (Å²) in [6.07, 6.45) is 21.9. The quantitative estimate of drug-likeness (QED) is 0.161. The van der Waals surface area contributed by atoms with Gasteiger partial charge in [-0.1, -0.05) is 148 Å². The molecular formula is C30H47P. The van der Waals surface area contributed by atoms with Crippen molar-refractivity contribution in [1.82, 2.24) is 0 Å². The molecule has 0 aromatic heterocycles. The summed E-state index contributed by atoms with van der Waals surface area (Å²) in [5.41, 5.74) is 3.17. The molecule has 0 aliphatic carbocycles. The van der Waals surface area contributed by atoms with Crippen LogP contribution in [0.2, 0.25) is 0 Å². The lowest BCUT2D eigenvalue weighted by atomic mass is 10.0. The van der Waals surface area contributed by atoms with E-state index < -0.39 is 0 Å². The fourth-order valence-corrected chi connectivity index (χ4v) is 5.80. The SMILES string of the molecule is CCCCCCCCCc1ccccc1Pc1ccccc1CCCCCCCCC. The van der Waals surface area contributed by atoms with Gasteiger partial charge < -0.3 is 0 Å². The third-order valence-corrected chi connectivity index (χ3v) is 7.92. The highest BCUT2D eigenvalue weighted by molar-refractivity contribution is 7.55. The van der Waals surface area contributed by atoms with E-state index in [2.05, 4.69) is 62.4 Å². The topological polar surface area (TPSA) is 0 Å². The van der Waals surface area contributed by atoms with Gasteiger partial charge in [-0.25, -0.2) is 0 Å². The van der Waals surface area contributed by atoms with Gasteiger partial charge >= 0.3 is 0 Å². The molecule has 0 aliphatic heterocycles. The minimum atomic E-state index is 0.799. The van der Waals surface area contributed by atoms with Gasteiger partial charge in [-0.15, -0.1) is 0 Å². The van der Waals surface area contributed by atoms with Gasteiger partial charge in [0.15, 0.2) is 0 Å². The molecule has 0 unspecified atom stereocenters. The first-order valence-electron chi connectivity index (χ1n) is 13.3. The predicted molar refractivity (Wildman–Crippen MR) is 144 cm³/mol. The second-order valence-electron chi connectivity index (χ2n) is 9.18. The molecule has 0 nitrogen and oxygen atoms in total. The van der Waals surface area contributed by atoms with Gasteiger partial charge in [0.25, 0.3) is 0 Å². The number of rotatable bonds is 18. The maximum absolute atomic E-state index is 2.37. The molecule has 0 atom stereocenters. The highest BCUT2D eigenvalue weighted by Gasteiger charge is 2.07. The Morgan fingerprint density at radius 3 is 1.23 bits per heavy atom. The van der Waals surface area contributed by atoms with E-state index in [0.717, 1.165) is 8.58 Å². The fourth-order valence-electron chi connectivity index (χ4n) is 4.41. The van der Waals surface area contributed by atoms with Gasteiger partial charge in [0.2, 0.25) is 0 Å². The molecule has 2 aromatic carbocycles. The summed E-state index contributed by atoms with van der Waals surface area (Å²) >= 11 is 0. The van der Waals surface area contributed by atoms with Gasteiger partial charge in [0, 0.05) is 0 Å². The monoisotopic (exact) mass is 438 g/mol. The molecule has 0 aliphatic rings. The van der Waals surface area contributed by atoms with Crippen molar-refractivity contribution in [2.45, 2.75) is 117 Å². The van der Waals surface area contributed by atoms with E-state index in [1.807, 2.05) is 0 Å². The smallest absolute Gasteiger partial charge is 0.0194 e. The van der Waals surface area contributed by atoms with Gasteiger partial charge in [0.05, 0.1) is 0 Å². The van der Waals surface area contributed by atoms with Crippen LogP contribution >= 0.6 is 8.58 Å². The molecule has 0 amide bonds. The van der Waals surface area contributed by atoms with Crippen LogP contribution in [-0.4, -0.2) is 0 Å². The lowest BCUT2D eigenvalue weighted by Crippen LogP contribution is -2.12. The maximum Gasteiger partial charge on any atom is -0.0194 e. The Balaban J connectivity index is 1.81. The van der Waals surface area contributed by atoms with E-state index in [9.17, 15) is 0 Å². The molecule has 2 aromatic rings. The van der Waals surface area contributed by atoms with Crippen LogP contribution in [0.1, 0.15) is 115 Å². The molecular weight excluding hydrogens is 391 g/mol. The first kappa shape index (κ1) is 26.1. The fraction of sp³-hybridized carbons (Fsp3) is 0.600. The summed E-state index contributed by atoms with van der Waals surface area (Å²) < 4.78 is 0. The zero-order chi connectivity index (χ0) is 22.0. The van der Waals surface area contributed by atoms with Crippen molar-refractivity contribution in [1.29, 1.82) is 0 Å². The lowest BCUT2D eigenvalue weighted by Gasteiger charge is -2.13. The molecule has 31 heavy (non-hydrogen) atoms. The summed E-state index contributed by atoms with van der Waals surface area (Å²) in [5.74, 6) is 0. The summed E-state index contributed by atoms with van der Waals surface area (Å²) in [5, 5.41) is 3.14. The van der Waals surface area contributed by atoms with Crippen molar-refractivity contribution in [3.05, 3.63) is 59.7 Å². The van der Waals surface area contributed by atoms with Crippen LogP contribution in [0.3, 0.4) is 0 Å². The molecule has 0 saturated carbocycles. The highest BCUT2D eigenvalue weighted by atomic mass is 31.1. The van der Waals surface area contributed by atoms with E-state index in [4.69, 9.17) is 0 Å². The van der Waals surface area contributed by atoms with Gasteiger partial charge in [-0.05, 0) is 47.4 Å². The van der Waals surface area contributed by atoms with Crippen LogP contribution in [0.15, 0.2) is 48.5 Å². The van der Waals surface area contributed by atoms with E-state index >= 15 is 0 Å². The largest absolute Gasteiger partial charge is 0.0654 e. The second-order valence-corrected chi connectivity index (χ2v) is 10.5. The van der Waals surface area contributed by atoms with Crippen molar-refractivity contribution in [3.8, 4) is 0 Å². The average molecular weight is 439 g/mol. The number of hydrogen-bond acceptors (Lipinski definition) is 0. The van der Waals surface area contributed by atoms with E-state index in [0.29, 0.717) is 0 Å². The summed E-state index contributed by atoms with van der Waals surface area (Å²) in [6.45, 7) is 4.59. The molecule has 0 heterocycles. The van der Waals surface area contributed by atoms with Crippen molar-refractivity contribution in [2.75, 3.05) is 0 Å². The van der Waals surface area contributed by atoms with Gasteiger partial charge in [-0.3, -0.25) is 0 Å². The Bertz CT molecular complexity index is 631. The summed E-state index contributed by atoms with van der Waals surface area (Å²) in [6, 6.07) is 18.4. The Kier molecular flexibility index (Phi) is 14.7. The zero-order valence-corrected chi connectivity index (χ0v) is 21.4. The van der Waals surface area contributed by atoms with Crippen LogP contribution < -0.4 is 10.6 Å². The van der Waals surface area contributed by atoms with Crippen LogP contribution in [0.25, 0.3) is 0 Å². The Morgan fingerprint density at radius 2 is 0.806 bits per heavy atom. The Hall–Kier alpha value is -1.13. The van der Waals surface area contributed by atoms with Gasteiger partial charge in [-0.2, -0.15) is 0 Å². The summed E-state index contributed by atoms with van der Waals surface area (Å²) in [4.78, 5) is 0. The molecule has 0 saturated heterocycles. The predicted octanol–water partition coefficient (Wildman–Crippen LogP) is 8.90. The number of hydrogen-bond donors (Lipinski definition) is 0. The van der Waals surface area contributed by atoms with Crippen LogP contribution in [0.4, 0.5) is 0 Å². The van der Waals surface area contributed by atoms with Crippen molar-refractivity contribution in [2.24, 2.45) is 0 Å². The lowest BCUT2D eigenvalue weighted by molar-refractivity contribution is 0.589. The van der Waals surface area contributed by atoms with Crippen molar-refractivity contribution in [3.63, 3.8) is 0 Å². The number of aryl methyl sites for hydroxylation is 2. The van der Waals surface area contributed by atoms with Crippen LogP contribution in [0.5, 0.6) is 0 Å². The molecule has 0 spiro atoms. The van der Waals surface area contributed by atoms with Crippen LogP contribution in [0, 0.1) is 0 Å². The minimum Gasteiger partial charge on any atom is -0.0654 e. The normalized spacial score (nSPS) is 11.2. The first-order valence-corrected chi connectivity index (χ1v) is 14.3. The molecule has 172 valence electrons. The number of unbranched alkanes of at least 4 members (excludes halogenated alkanes) is 12. The van der Waals surface area contributed by atoms with Crippen LogP contribution in [-0.2, 0) is 12.8 Å². The molecule has 0 radical (unpaired) electrons. The Labute approximate surface area is 195 Å². The minimum absolute atomic E-state index is 0.799. The zero-order valence-electron chi connectivity index (χ0n) is 20.4. The molecule has 0 bridgehead atoms. The molecule has 1 heteroatoms. The third-order valence-electron chi connectivity index (χ3n) is 6.40. The van der Waals surface area contributed by atoms with E-state index in [-0.39, 0.29) is 0 Å². The second kappa shape index (κ2) is 17.4. The maximum atomic E-state index is 2.37. The summed E-state index contributed by atoms with van der Waals surface area (Å²) in [7, 11) is 0.799. The van der Waals surface area contributed by atoms with Crippen molar-refractivity contribution >= 4 is 19.2 Å². The average Bonchev–Trinajstić information content (AvgIpc) is 2.80. The van der Waals surface area contributed by atoms with Crippen molar-refractivity contribution < 1.29 is 0 Å². The standard InChI is InChI=1S/C30H47P/c1-3-5-7-9-11-13-15-21-27-23-17-19-25-29(27)31-30-26-20-18-24-28(30)22-16-14-12-10-8-6-4-2/h17-20,23-26,31H,3-16,21-22H2,1-2H3. The third kappa shape index (κ3) is 11.3. The molecule has 0 fully saturated rings.